The zero-order valence-electron chi connectivity index (χ0n) is 16.4. The Morgan fingerprint density at radius 2 is 1.90 bits per heavy atom. The Kier molecular flexibility index (Phi) is 5.32. The average Bonchev–Trinajstić information content (AvgIpc) is 3.16. The Labute approximate surface area is 171 Å². The number of nitrogens with zero attached hydrogens (tertiary/aromatic N) is 4. The Balaban J connectivity index is 1.52. The van der Waals surface area contributed by atoms with E-state index >= 15 is 0 Å². The van der Waals surface area contributed by atoms with Crippen molar-refractivity contribution in [2.24, 2.45) is 0 Å². The van der Waals surface area contributed by atoms with E-state index in [1.165, 1.54) is 16.5 Å². The molecule has 1 fully saturated rings. The van der Waals surface area contributed by atoms with Crippen LogP contribution in [0.15, 0.2) is 48.7 Å². The first kappa shape index (κ1) is 20.1. The minimum Gasteiger partial charge on any atom is -0.338 e. The third-order valence-corrected chi connectivity index (χ3v) is 5.35. The highest BCUT2D eigenvalue weighted by Gasteiger charge is 2.32. The number of amides is 1. The molecule has 30 heavy (non-hydrogen) atoms. The van der Waals surface area contributed by atoms with E-state index in [1.54, 1.807) is 11.0 Å². The fourth-order valence-corrected chi connectivity index (χ4v) is 3.69. The molecule has 1 aromatic carbocycles. The first-order chi connectivity index (χ1) is 14.3. The molecule has 5 nitrogen and oxygen atoms in total. The van der Waals surface area contributed by atoms with Gasteiger partial charge < -0.3 is 4.90 Å². The van der Waals surface area contributed by atoms with Crippen molar-refractivity contribution in [3.63, 3.8) is 0 Å². The summed E-state index contributed by atoms with van der Waals surface area (Å²) in [7, 11) is 0. The molecule has 0 aliphatic carbocycles. The van der Waals surface area contributed by atoms with Gasteiger partial charge in [0.25, 0.3) is 0 Å². The van der Waals surface area contributed by atoms with Gasteiger partial charge >= 0.3 is 6.18 Å². The van der Waals surface area contributed by atoms with Gasteiger partial charge in [0.2, 0.25) is 5.91 Å². The van der Waals surface area contributed by atoms with Crippen LogP contribution in [0.1, 0.15) is 41.3 Å². The van der Waals surface area contributed by atoms with Crippen molar-refractivity contribution in [2.75, 3.05) is 13.1 Å². The molecular weight excluding hydrogens is 393 g/mol. The van der Waals surface area contributed by atoms with Gasteiger partial charge in [0.05, 0.1) is 5.56 Å². The number of carbonyl (C=O) groups is 1. The third kappa shape index (κ3) is 4.22. The van der Waals surface area contributed by atoms with Crippen LogP contribution in [0, 0.1) is 6.92 Å². The Morgan fingerprint density at radius 1 is 1.13 bits per heavy atom. The van der Waals surface area contributed by atoms with E-state index in [9.17, 15) is 18.0 Å². The van der Waals surface area contributed by atoms with Gasteiger partial charge in [0.15, 0.2) is 5.65 Å². The number of alkyl halides is 3. The molecule has 1 unspecified atom stereocenters. The molecule has 1 saturated heterocycles. The van der Waals surface area contributed by atoms with E-state index < -0.39 is 11.7 Å². The zero-order chi connectivity index (χ0) is 21.3. The second kappa shape index (κ2) is 7.93. The summed E-state index contributed by atoms with van der Waals surface area (Å²) < 4.78 is 40.7. The lowest BCUT2D eigenvalue weighted by atomic mass is 9.97. The molecule has 0 saturated carbocycles. The van der Waals surface area contributed by atoms with Crippen molar-refractivity contribution in [1.29, 1.82) is 0 Å². The number of likely N-dealkylation sites (tertiary alicyclic amines) is 1. The molecule has 1 atom stereocenters. The SMILES string of the molecule is Cc1ccc(/C=C/C(=O)N2CCCC(c3nnc4ccc(C(F)(F)F)cn34)C2)cc1. The number of aromatic nitrogens is 3. The van der Waals surface area contributed by atoms with Crippen LogP contribution in [0.2, 0.25) is 0 Å². The second-order valence-electron chi connectivity index (χ2n) is 7.57. The van der Waals surface area contributed by atoms with Crippen molar-refractivity contribution in [1.82, 2.24) is 19.5 Å². The molecule has 156 valence electrons. The van der Waals surface area contributed by atoms with Crippen molar-refractivity contribution < 1.29 is 18.0 Å². The van der Waals surface area contributed by atoms with Crippen LogP contribution in [-0.2, 0) is 11.0 Å². The molecule has 0 radical (unpaired) electrons. The van der Waals surface area contributed by atoms with Gasteiger partial charge in [-0.1, -0.05) is 29.8 Å². The molecule has 1 aliphatic rings. The molecule has 0 spiro atoms. The van der Waals surface area contributed by atoms with Crippen LogP contribution in [0.4, 0.5) is 13.2 Å². The Morgan fingerprint density at radius 3 is 2.63 bits per heavy atom. The number of piperidine rings is 1. The highest BCUT2D eigenvalue weighted by atomic mass is 19.4. The number of hydrogen-bond acceptors (Lipinski definition) is 3. The van der Waals surface area contributed by atoms with Gasteiger partial charge in [-0.2, -0.15) is 13.2 Å². The highest BCUT2D eigenvalue weighted by Crippen LogP contribution is 2.31. The maximum absolute atomic E-state index is 13.1. The van der Waals surface area contributed by atoms with Crippen molar-refractivity contribution in [2.45, 2.75) is 31.9 Å². The second-order valence-corrected chi connectivity index (χ2v) is 7.57. The van der Waals surface area contributed by atoms with Crippen LogP contribution in [0.3, 0.4) is 0 Å². The van der Waals surface area contributed by atoms with Gasteiger partial charge in [-0.05, 0) is 43.5 Å². The lowest BCUT2D eigenvalue weighted by molar-refractivity contribution is -0.137. The van der Waals surface area contributed by atoms with Gasteiger partial charge in [-0.25, -0.2) is 0 Å². The number of fused-ring (bicyclic) bond motifs is 1. The first-order valence-corrected chi connectivity index (χ1v) is 9.77. The number of carbonyl (C=O) groups excluding carboxylic acids is 1. The summed E-state index contributed by atoms with van der Waals surface area (Å²) in [6, 6.07) is 10.2. The van der Waals surface area contributed by atoms with Gasteiger partial charge in [0, 0.05) is 31.3 Å². The summed E-state index contributed by atoms with van der Waals surface area (Å²) in [5.41, 5.74) is 1.69. The minimum atomic E-state index is -4.44. The predicted octanol–water partition coefficient (Wildman–Crippen LogP) is 4.48. The predicted molar refractivity (Wildman–Crippen MR) is 107 cm³/mol. The minimum absolute atomic E-state index is 0.120. The van der Waals surface area contributed by atoms with E-state index in [0.717, 1.165) is 36.2 Å². The standard InChI is InChI=1S/C22H21F3N4O/c1-15-4-6-16(7-5-15)8-11-20(30)28-12-2-3-17(13-28)21-27-26-19-10-9-18(14-29(19)21)22(23,24)25/h4-11,14,17H,2-3,12-13H2,1H3/b11-8+. The third-order valence-electron chi connectivity index (χ3n) is 5.35. The molecule has 3 heterocycles. The maximum atomic E-state index is 13.1. The summed E-state index contributed by atoms with van der Waals surface area (Å²) in [5, 5.41) is 8.13. The molecule has 0 bridgehead atoms. The summed E-state index contributed by atoms with van der Waals surface area (Å²) in [6.45, 7) is 3.00. The van der Waals surface area contributed by atoms with Gasteiger partial charge in [0.1, 0.15) is 5.82 Å². The fraction of sp³-hybridized carbons (Fsp3) is 0.318. The summed E-state index contributed by atoms with van der Waals surface area (Å²) in [4.78, 5) is 14.4. The number of aryl methyl sites for hydroxylation is 1. The molecule has 1 aliphatic heterocycles. The molecule has 4 rings (SSSR count). The maximum Gasteiger partial charge on any atom is 0.417 e. The lowest BCUT2D eigenvalue weighted by Gasteiger charge is -2.31. The molecule has 8 heteroatoms. The van der Waals surface area contributed by atoms with Crippen molar-refractivity contribution in [3.05, 3.63) is 71.2 Å². The fourth-order valence-electron chi connectivity index (χ4n) is 3.69. The average molecular weight is 414 g/mol. The monoisotopic (exact) mass is 414 g/mol. The van der Waals surface area contributed by atoms with Crippen LogP contribution < -0.4 is 0 Å². The molecule has 2 aromatic heterocycles. The van der Waals surface area contributed by atoms with Crippen LogP contribution in [0.25, 0.3) is 11.7 Å². The molecule has 3 aromatic rings. The van der Waals surface area contributed by atoms with E-state index in [1.807, 2.05) is 31.2 Å². The molecule has 1 amide bonds. The van der Waals surface area contributed by atoms with Gasteiger partial charge in [-0.3, -0.25) is 9.20 Å². The number of halogens is 3. The van der Waals surface area contributed by atoms with Crippen LogP contribution in [-0.4, -0.2) is 38.5 Å². The summed E-state index contributed by atoms with van der Waals surface area (Å²) in [6.07, 6.45) is 1.39. The number of hydrogen-bond donors (Lipinski definition) is 0. The lowest BCUT2D eigenvalue weighted by Crippen LogP contribution is -2.38. The van der Waals surface area contributed by atoms with Gasteiger partial charge in [-0.15, -0.1) is 10.2 Å². The highest BCUT2D eigenvalue weighted by molar-refractivity contribution is 5.91. The topological polar surface area (TPSA) is 50.5 Å². The van der Waals surface area contributed by atoms with E-state index in [-0.39, 0.29) is 11.8 Å². The van der Waals surface area contributed by atoms with Crippen molar-refractivity contribution >= 4 is 17.6 Å². The normalized spacial score (nSPS) is 17.7. The van der Waals surface area contributed by atoms with Crippen LogP contribution in [0.5, 0.6) is 0 Å². The molecule has 0 N–H and O–H groups in total. The Hall–Kier alpha value is -3.16. The van der Waals surface area contributed by atoms with E-state index in [4.69, 9.17) is 0 Å². The summed E-state index contributed by atoms with van der Waals surface area (Å²) in [5.74, 6) is 0.162. The first-order valence-electron chi connectivity index (χ1n) is 9.77. The quantitative estimate of drug-likeness (QED) is 0.594. The zero-order valence-corrected chi connectivity index (χ0v) is 16.4. The number of pyridine rings is 1. The number of benzene rings is 1. The summed E-state index contributed by atoms with van der Waals surface area (Å²) >= 11 is 0. The smallest absolute Gasteiger partial charge is 0.338 e. The van der Waals surface area contributed by atoms with E-state index in [0.29, 0.717) is 24.6 Å². The largest absolute Gasteiger partial charge is 0.417 e. The molecular formula is C22H21F3N4O. The van der Waals surface area contributed by atoms with Crippen LogP contribution >= 0.6 is 0 Å². The Bertz CT molecular complexity index is 1090. The van der Waals surface area contributed by atoms with Crippen molar-refractivity contribution in [3.8, 4) is 0 Å². The number of rotatable bonds is 3. The van der Waals surface area contributed by atoms with E-state index in [2.05, 4.69) is 10.2 Å².